The van der Waals surface area contributed by atoms with Crippen LogP contribution >= 0.6 is 23.2 Å². The maximum atomic E-state index is 13.4. The standard InChI is InChI=1S/C28H29Cl2N3O7S/c1-33(2)11-12-40-28(38)21-9-5-16(19-10-7-18(29)15-23(19)30)14-24(21)31-26(35)20-8-6-17(13-22(20)27(36)37)25(34)32-41(3,4)39/h5-10,13-15,41H,11-12H2,1-4H3,(H,31,35)(H,36,37)(H,32,34,39). The van der Waals surface area contributed by atoms with Crippen molar-refractivity contribution in [1.82, 2.24) is 9.62 Å². The van der Waals surface area contributed by atoms with E-state index >= 15 is 0 Å². The highest BCUT2D eigenvalue weighted by Crippen LogP contribution is 2.33. The van der Waals surface area contributed by atoms with E-state index in [2.05, 4.69) is 10.0 Å². The Balaban J connectivity index is 2.02. The maximum absolute atomic E-state index is 13.4. The first-order valence-corrected chi connectivity index (χ1v) is 15.5. The monoisotopic (exact) mass is 621 g/mol. The normalized spacial score (nSPS) is 11.6. The van der Waals surface area contributed by atoms with E-state index < -0.39 is 39.4 Å². The van der Waals surface area contributed by atoms with Crippen molar-refractivity contribution in [3.63, 3.8) is 0 Å². The van der Waals surface area contributed by atoms with Crippen molar-refractivity contribution in [3.05, 3.63) is 86.9 Å². The second-order valence-corrected chi connectivity index (χ2v) is 13.4. The molecule has 218 valence electrons. The lowest BCUT2D eigenvalue weighted by Gasteiger charge is -2.16. The lowest BCUT2D eigenvalue weighted by Crippen LogP contribution is -2.34. The number of thiol groups is 1. The smallest absolute Gasteiger partial charge is 0.340 e. The number of rotatable bonds is 10. The molecule has 0 aromatic heterocycles. The highest BCUT2D eigenvalue weighted by molar-refractivity contribution is 8.00. The van der Waals surface area contributed by atoms with Crippen molar-refractivity contribution < 1.29 is 33.2 Å². The molecule has 0 heterocycles. The van der Waals surface area contributed by atoms with Crippen LogP contribution < -0.4 is 10.0 Å². The summed E-state index contributed by atoms with van der Waals surface area (Å²) in [7, 11) is 0.685. The summed E-state index contributed by atoms with van der Waals surface area (Å²) in [5.74, 6) is -3.77. The second kappa shape index (κ2) is 13.3. The number of carbonyl (C=O) groups is 4. The first-order chi connectivity index (χ1) is 19.2. The average molecular weight is 623 g/mol. The maximum Gasteiger partial charge on any atom is 0.340 e. The number of nitrogens with zero attached hydrogens (tertiary/aromatic N) is 1. The summed E-state index contributed by atoms with van der Waals surface area (Å²) in [6.07, 6.45) is 2.69. The molecule has 0 spiro atoms. The lowest BCUT2D eigenvalue weighted by atomic mass is 10.0. The summed E-state index contributed by atoms with van der Waals surface area (Å²) >= 11 is 12.4. The molecule has 0 atom stereocenters. The average Bonchev–Trinajstić information content (AvgIpc) is 2.87. The van der Waals surface area contributed by atoms with Gasteiger partial charge in [-0.25, -0.2) is 9.59 Å². The molecular formula is C28H29Cl2N3O7S. The van der Waals surface area contributed by atoms with E-state index in [1.807, 2.05) is 19.0 Å². The molecule has 0 saturated carbocycles. The zero-order valence-corrected chi connectivity index (χ0v) is 25.1. The number of ether oxygens (including phenoxy) is 1. The van der Waals surface area contributed by atoms with E-state index in [0.717, 1.165) is 6.07 Å². The van der Waals surface area contributed by atoms with Crippen LogP contribution in [0.3, 0.4) is 0 Å². The van der Waals surface area contributed by atoms with Crippen LogP contribution in [0.5, 0.6) is 0 Å². The second-order valence-electron chi connectivity index (χ2n) is 9.64. The molecule has 0 radical (unpaired) electrons. The number of anilines is 1. The van der Waals surface area contributed by atoms with Gasteiger partial charge < -0.3 is 20.1 Å². The molecule has 0 aliphatic heterocycles. The Morgan fingerprint density at radius 1 is 0.902 bits per heavy atom. The van der Waals surface area contributed by atoms with E-state index in [4.69, 9.17) is 27.9 Å². The van der Waals surface area contributed by atoms with E-state index in [9.17, 15) is 28.5 Å². The first-order valence-electron chi connectivity index (χ1n) is 12.1. The minimum Gasteiger partial charge on any atom is -0.478 e. The summed E-state index contributed by atoms with van der Waals surface area (Å²) in [4.78, 5) is 52.6. The number of halogens is 2. The van der Waals surface area contributed by atoms with Crippen LogP contribution in [0.1, 0.15) is 41.4 Å². The number of carboxylic acid groups (broad SMARTS) is 1. The molecule has 2 amide bonds. The number of aromatic carboxylic acids is 1. The predicted molar refractivity (Wildman–Crippen MR) is 161 cm³/mol. The van der Waals surface area contributed by atoms with Gasteiger partial charge in [-0.05, 0) is 72.2 Å². The number of carbonyl (C=O) groups excluding carboxylic acids is 3. The highest BCUT2D eigenvalue weighted by Gasteiger charge is 2.23. The van der Waals surface area contributed by atoms with Gasteiger partial charge in [0.25, 0.3) is 11.8 Å². The number of benzene rings is 3. The number of likely N-dealkylation sites (N-methyl/N-ethyl adjacent to an activating group) is 1. The van der Waals surface area contributed by atoms with Gasteiger partial charge in [0.1, 0.15) is 6.61 Å². The summed E-state index contributed by atoms with van der Waals surface area (Å²) in [6.45, 7) is 0.568. The number of hydrogen-bond donors (Lipinski definition) is 4. The van der Waals surface area contributed by atoms with Crippen LogP contribution in [0, 0.1) is 0 Å². The molecule has 0 aliphatic rings. The largest absolute Gasteiger partial charge is 0.478 e. The third kappa shape index (κ3) is 8.61. The molecule has 0 aliphatic carbocycles. The van der Waals surface area contributed by atoms with Crippen LogP contribution in [0.2, 0.25) is 10.0 Å². The van der Waals surface area contributed by atoms with Crippen molar-refractivity contribution in [2.24, 2.45) is 0 Å². The van der Waals surface area contributed by atoms with Crippen LogP contribution in [0.15, 0.2) is 54.6 Å². The highest BCUT2D eigenvalue weighted by atomic mass is 35.5. The topological polar surface area (TPSA) is 142 Å². The van der Waals surface area contributed by atoms with Gasteiger partial charge in [-0.3, -0.25) is 18.5 Å². The molecule has 0 fully saturated rings. The van der Waals surface area contributed by atoms with E-state index in [1.165, 1.54) is 36.8 Å². The molecular weight excluding hydrogens is 593 g/mol. The van der Waals surface area contributed by atoms with Crippen LogP contribution in [-0.2, 0) is 14.9 Å². The van der Waals surface area contributed by atoms with Crippen molar-refractivity contribution in [3.8, 4) is 11.1 Å². The van der Waals surface area contributed by atoms with Gasteiger partial charge in [0.2, 0.25) is 0 Å². The van der Waals surface area contributed by atoms with Gasteiger partial charge >= 0.3 is 11.9 Å². The van der Waals surface area contributed by atoms with Crippen molar-refractivity contribution >= 4 is 62.8 Å². The fraction of sp³-hybridized carbons (Fsp3) is 0.214. The SMILES string of the molecule is CN(C)CCOC(=O)c1ccc(-c2ccc(Cl)cc2Cl)cc1NC(=O)c1ccc(C(=O)N[SH](C)(C)=O)cc1C(=O)O. The van der Waals surface area contributed by atoms with Crippen molar-refractivity contribution in [2.45, 2.75) is 0 Å². The van der Waals surface area contributed by atoms with Gasteiger partial charge in [0, 0.05) is 40.2 Å². The van der Waals surface area contributed by atoms with Gasteiger partial charge in [0.15, 0.2) is 0 Å². The summed E-state index contributed by atoms with van der Waals surface area (Å²) in [5, 5.41) is 13.1. The van der Waals surface area contributed by atoms with E-state index in [1.54, 1.807) is 24.3 Å². The van der Waals surface area contributed by atoms with Gasteiger partial charge in [0.05, 0.1) is 22.4 Å². The Kier molecular flexibility index (Phi) is 10.3. The number of amides is 2. The Bertz CT molecular complexity index is 1570. The fourth-order valence-corrected chi connectivity index (χ4v) is 4.81. The summed E-state index contributed by atoms with van der Waals surface area (Å²) < 4.78 is 19.7. The number of esters is 1. The quantitative estimate of drug-likeness (QED) is 0.194. The van der Waals surface area contributed by atoms with E-state index in [0.29, 0.717) is 27.7 Å². The summed E-state index contributed by atoms with van der Waals surface area (Å²) in [5.41, 5.74) is 0.360. The zero-order chi connectivity index (χ0) is 30.5. The molecule has 41 heavy (non-hydrogen) atoms. The molecule has 13 heteroatoms. The first kappa shape index (κ1) is 31.8. The molecule has 3 N–H and O–H groups in total. The fourth-order valence-electron chi connectivity index (χ4n) is 3.67. The molecule has 3 aromatic carbocycles. The summed E-state index contributed by atoms with van der Waals surface area (Å²) in [6, 6.07) is 12.9. The van der Waals surface area contributed by atoms with Gasteiger partial charge in [-0.15, -0.1) is 0 Å². The Morgan fingerprint density at radius 2 is 1.59 bits per heavy atom. The van der Waals surface area contributed by atoms with Gasteiger partial charge in [-0.1, -0.05) is 35.3 Å². The molecule has 10 nitrogen and oxygen atoms in total. The Morgan fingerprint density at radius 3 is 2.20 bits per heavy atom. The van der Waals surface area contributed by atoms with Crippen molar-refractivity contribution in [1.29, 1.82) is 0 Å². The molecule has 3 rings (SSSR count). The molecule has 0 bridgehead atoms. The van der Waals surface area contributed by atoms with Crippen LogP contribution in [0.25, 0.3) is 11.1 Å². The van der Waals surface area contributed by atoms with Crippen LogP contribution in [-0.4, -0.2) is 77.7 Å². The van der Waals surface area contributed by atoms with Crippen LogP contribution in [0.4, 0.5) is 5.69 Å². The predicted octanol–water partition coefficient (Wildman–Crippen LogP) is 4.25. The molecule has 3 aromatic rings. The molecule has 0 unspecified atom stereocenters. The zero-order valence-electron chi connectivity index (χ0n) is 22.7. The third-order valence-corrected chi connectivity index (χ3v) is 6.92. The number of nitrogens with one attached hydrogen (secondary N) is 2. The van der Waals surface area contributed by atoms with E-state index in [-0.39, 0.29) is 29.0 Å². The minimum absolute atomic E-state index is 0.0282. The number of hydrogen-bond acceptors (Lipinski definition) is 7. The third-order valence-electron chi connectivity index (χ3n) is 5.63. The minimum atomic E-state index is -2.96. The lowest BCUT2D eigenvalue weighted by molar-refractivity contribution is 0.0482. The van der Waals surface area contributed by atoms with Crippen molar-refractivity contribution in [2.75, 3.05) is 45.1 Å². The van der Waals surface area contributed by atoms with Gasteiger partial charge in [-0.2, -0.15) is 0 Å². The number of carboxylic acids is 1. The Labute approximate surface area is 248 Å². The Hall–Kier alpha value is -3.77. The molecule has 0 saturated heterocycles.